The minimum atomic E-state index is -0.712. The van der Waals surface area contributed by atoms with Gasteiger partial charge in [-0.3, -0.25) is 4.79 Å². The molecule has 1 rings (SSSR count). The van der Waals surface area contributed by atoms with Crippen molar-refractivity contribution in [2.24, 2.45) is 5.92 Å². The summed E-state index contributed by atoms with van der Waals surface area (Å²) in [6.07, 6.45) is 20.5. The van der Waals surface area contributed by atoms with Crippen molar-refractivity contribution in [1.29, 1.82) is 0 Å². The minimum Gasteiger partial charge on any atom is -0.385 e. The molecular formula is C21H40O2. The quantitative estimate of drug-likeness (QED) is 0.576. The zero-order chi connectivity index (χ0) is 16.8. The maximum Gasteiger partial charge on any atom is 0.164 e. The van der Waals surface area contributed by atoms with Crippen LogP contribution in [0.2, 0.25) is 0 Å². The first-order valence-electron chi connectivity index (χ1n) is 10.4. The molecule has 1 aliphatic rings. The van der Waals surface area contributed by atoms with E-state index < -0.39 is 6.10 Å². The number of ketones is 1. The standard InChI is InChI=1S/C21H40O2/c1-19-17-15-13-11-9-7-5-3-2-4-6-8-10-12-14-16-18-20(22)21(19)23/h19-20,22H,2-18H2,1H3. The highest BCUT2D eigenvalue weighted by Gasteiger charge is 2.20. The van der Waals surface area contributed by atoms with E-state index in [1.807, 2.05) is 6.92 Å². The molecule has 0 aromatic carbocycles. The summed E-state index contributed by atoms with van der Waals surface area (Å²) in [6.45, 7) is 2.00. The SMILES string of the molecule is CC1CCCCCCCCCCCCCCCCCC(O)C1=O. The molecule has 1 aliphatic carbocycles. The Balaban J connectivity index is 2.27. The second-order valence-corrected chi connectivity index (χ2v) is 7.70. The van der Waals surface area contributed by atoms with Crippen molar-refractivity contribution in [3.8, 4) is 0 Å². The number of aliphatic hydroxyl groups excluding tert-OH is 1. The molecule has 136 valence electrons. The van der Waals surface area contributed by atoms with Gasteiger partial charge < -0.3 is 5.11 Å². The van der Waals surface area contributed by atoms with Crippen molar-refractivity contribution in [1.82, 2.24) is 0 Å². The van der Waals surface area contributed by atoms with Crippen molar-refractivity contribution < 1.29 is 9.90 Å². The van der Waals surface area contributed by atoms with Crippen molar-refractivity contribution in [3.63, 3.8) is 0 Å². The summed E-state index contributed by atoms with van der Waals surface area (Å²) in [5, 5.41) is 10.1. The van der Waals surface area contributed by atoms with Gasteiger partial charge in [-0.25, -0.2) is 0 Å². The average molecular weight is 325 g/mol. The number of aliphatic hydroxyl groups is 1. The van der Waals surface area contributed by atoms with Gasteiger partial charge in [-0.05, 0) is 12.8 Å². The highest BCUT2D eigenvalue weighted by molar-refractivity contribution is 5.84. The highest BCUT2D eigenvalue weighted by Crippen LogP contribution is 2.18. The summed E-state index contributed by atoms with van der Waals surface area (Å²) in [6, 6.07) is 0. The fraction of sp³-hybridized carbons (Fsp3) is 0.952. The molecule has 0 bridgehead atoms. The summed E-state index contributed by atoms with van der Waals surface area (Å²) in [4.78, 5) is 12.2. The molecule has 1 N–H and O–H groups in total. The minimum absolute atomic E-state index is 0.0376. The van der Waals surface area contributed by atoms with E-state index in [0.717, 1.165) is 19.3 Å². The lowest BCUT2D eigenvalue weighted by Gasteiger charge is -2.15. The predicted molar refractivity (Wildman–Crippen MR) is 98.7 cm³/mol. The molecular weight excluding hydrogens is 284 g/mol. The molecule has 23 heavy (non-hydrogen) atoms. The van der Waals surface area contributed by atoms with Crippen LogP contribution >= 0.6 is 0 Å². The van der Waals surface area contributed by atoms with Gasteiger partial charge in [0.2, 0.25) is 0 Å². The molecule has 1 saturated carbocycles. The lowest BCUT2D eigenvalue weighted by atomic mass is 9.92. The van der Waals surface area contributed by atoms with Gasteiger partial charge in [0.15, 0.2) is 5.78 Å². The van der Waals surface area contributed by atoms with Gasteiger partial charge in [0.05, 0.1) is 0 Å². The maximum atomic E-state index is 12.2. The van der Waals surface area contributed by atoms with Gasteiger partial charge in [0.25, 0.3) is 0 Å². The van der Waals surface area contributed by atoms with E-state index in [-0.39, 0.29) is 11.7 Å². The summed E-state index contributed by atoms with van der Waals surface area (Å²) in [7, 11) is 0. The van der Waals surface area contributed by atoms with Crippen LogP contribution in [0, 0.1) is 5.92 Å². The summed E-state index contributed by atoms with van der Waals surface area (Å²) in [5.41, 5.74) is 0. The second kappa shape index (κ2) is 14.0. The number of hydrogen-bond donors (Lipinski definition) is 1. The van der Waals surface area contributed by atoms with E-state index in [9.17, 15) is 9.90 Å². The Morgan fingerprint density at radius 1 is 0.609 bits per heavy atom. The number of carbonyl (C=O) groups excluding carboxylic acids is 1. The lowest BCUT2D eigenvalue weighted by molar-refractivity contribution is -0.131. The molecule has 1 fully saturated rings. The Morgan fingerprint density at radius 2 is 0.913 bits per heavy atom. The third-order valence-electron chi connectivity index (χ3n) is 5.43. The number of hydrogen-bond acceptors (Lipinski definition) is 2. The number of Topliss-reactive ketones (excluding diaryl/α,β-unsaturated/α-hetero) is 1. The van der Waals surface area contributed by atoms with Gasteiger partial charge >= 0.3 is 0 Å². The van der Waals surface area contributed by atoms with E-state index in [4.69, 9.17) is 0 Å². The van der Waals surface area contributed by atoms with E-state index in [0.29, 0.717) is 6.42 Å². The highest BCUT2D eigenvalue weighted by atomic mass is 16.3. The van der Waals surface area contributed by atoms with Gasteiger partial charge in [-0.15, -0.1) is 0 Å². The molecule has 0 amide bonds. The first kappa shape index (κ1) is 20.7. The molecule has 0 heterocycles. The molecule has 2 nitrogen and oxygen atoms in total. The van der Waals surface area contributed by atoms with Crippen LogP contribution in [-0.2, 0) is 4.79 Å². The summed E-state index contributed by atoms with van der Waals surface area (Å²) in [5.74, 6) is 0.120. The lowest BCUT2D eigenvalue weighted by Crippen LogP contribution is -2.26. The largest absolute Gasteiger partial charge is 0.385 e. The van der Waals surface area contributed by atoms with Crippen LogP contribution in [0.25, 0.3) is 0 Å². The molecule has 0 saturated heterocycles. The topological polar surface area (TPSA) is 37.3 Å². The first-order valence-corrected chi connectivity index (χ1v) is 10.4. The predicted octanol–water partition coefficient (Wildman–Crippen LogP) is 6.20. The fourth-order valence-electron chi connectivity index (χ4n) is 3.70. The molecule has 0 radical (unpaired) electrons. The van der Waals surface area contributed by atoms with Gasteiger partial charge in [-0.1, -0.05) is 103 Å². The normalized spacial score (nSPS) is 29.0. The average Bonchev–Trinajstić information content (AvgIpc) is 2.55. The van der Waals surface area contributed by atoms with Crippen molar-refractivity contribution in [2.45, 2.75) is 122 Å². The monoisotopic (exact) mass is 324 g/mol. The Bertz CT molecular complexity index is 262. The fourth-order valence-corrected chi connectivity index (χ4v) is 3.70. The number of rotatable bonds is 0. The molecule has 0 aromatic heterocycles. The zero-order valence-corrected chi connectivity index (χ0v) is 15.5. The van der Waals surface area contributed by atoms with Crippen LogP contribution in [0.3, 0.4) is 0 Å². The maximum absolute atomic E-state index is 12.2. The molecule has 0 aliphatic heterocycles. The molecule has 2 atom stereocenters. The van der Waals surface area contributed by atoms with Gasteiger partial charge in [0, 0.05) is 5.92 Å². The van der Waals surface area contributed by atoms with Crippen molar-refractivity contribution in [3.05, 3.63) is 0 Å². The van der Waals surface area contributed by atoms with Crippen LogP contribution in [0.5, 0.6) is 0 Å². The van der Waals surface area contributed by atoms with Crippen LogP contribution in [-0.4, -0.2) is 17.0 Å². The van der Waals surface area contributed by atoms with Gasteiger partial charge in [-0.2, -0.15) is 0 Å². The van der Waals surface area contributed by atoms with Crippen molar-refractivity contribution in [2.75, 3.05) is 0 Å². The van der Waals surface area contributed by atoms with Crippen LogP contribution in [0.1, 0.15) is 116 Å². The molecule has 2 heteroatoms. The Labute approximate surface area is 144 Å². The zero-order valence-electron chi connectivity index (χ0n) is 15.5. The van der Waals surface area contributed by atoms with E-state index >= 15 is 0 Å². The van der Waals surface area contributed by atoms with E-state index in [2.05, 4.69) is 0 Å². The second-order valence-electron chi connectivity index (χ2n) is 7.70. The smallest absolute Gasteiger partial charge is 0.164 e. The Kier molecular flexibility index (Phi) is 12.6. The van der Waals surface area contributed by atoms with Gasteiger partial charge in [0.1, 0.15) is 6.10 Å². The van der Waals surface area contributed by atoms with E-state index in [1.165, 1.54) is 83.5 Å². The third-order valence-corrected chi connectivity index (χ3v) is 5.43. The van der Waals surface area contributed by atoms with Crippen LogP contribution in [0.15, 0.2) is 0 Å². The molecule has 0 aromatic rings. The van der Waals surface area contributed by atoms with Crippen LogP contribution < -0.4 is 0 Å². The Hall–Kier alpha value is -0.370. The molecule has 2 unspecified atom stereocenters. The third kappa shape index (κ3) is 10.9. The van der Waals surface area contributed by atoms with E-state index in [1.54, 1.807) is 0 Å². The summed E-state index contributed by atoms with van der Waals surface area (Å²) < 4.78 is 0. The Morgan fingerprint density at radius 3 is 1.30 bits per heavy atom. The van der Waals surface area contributed by atoms with Crippen molar-refractivity contribution >= 4 is 5.78 Å². The summed E-state index contributed by atoms with van der Waals surface area (Å²) >= 11 is 0. The molecule has 0 spiro atoms. The number of carbonyl (C=O) groups is 1. The van der Waals surface area contributed by atoms with Crippen LogP contribution in [0.4, 0.5) is 0 Å². The first-order chi connectivity index (χ1) is 11.2.